The summed E-state index contributed by atoms with van der Waals surface area (Å²) in [4.78, 5) is 11.7. The Labute approximate surface area is 142 Å². The first-order valence-corrected chi connectivity index (χ1v) is 8.25. The molecule has 0 aliphatic rings. The number of hydrogen-bond donors (Lipinski definition) is 2. The molecule has 0 fully saturated rings. The molecule has 0 heterocycles. The lowest BCUT2D eigenvalue weighted by Crippen LogP contribution is -2.49. The summed E-state index contributed by atoms with van der Waals surface area (Å²) in [6.07, 6.45) is -0.387. The van der Waals surface area contributed by atoms with E-state index >= 15 is 0 Å². The number of nitrogens with one attached hydrogen (secondary N) is 2. The SMILES string of the molecule is Cc1cc(CNC(C)(C)CNC(=O)OC(C)(C)C)ccc1Br. The molecular formula is C17H27BrN2O2. The number of carbonyl (C=O) groups excluding carboxylic acids is 1. The molecule has 124 valence electrons. The number of hydrogen-bond acceptors (Lipinski definition) is 3. The van der Waals surface area contributed by atoms with Gasteiger partial charge in [-0.15, -0.1) is 0 Å². The van der Waals surface area contributed by atoms with Crippen LogP contribution in [0, 0.1) is 6.92 Å². The maximum atomic E-state index is 11.7. The van der Waals surface area contributed by atoms with Gasteiger partial charge in [-0.2, -0.15) is 0 Å². The summed E-state index contributed by atoms with van der Waals surface area (Å²) >= 11 is 3.50. The van der Waals surface area contributed by atoms with Gasteiger partial charge in [0.15, 0.2) is 0 Å². The van der Waals surface area contributed by atoms with E-state index in [1.165, 1.54) is 11.1 Å². The molecule has 22 heavy (non-hydrogen) atoms. The third-order valence-corrected chi connectivity index (χ3v) is 3.96. The summed E-state index contributed by atoms with van der Waals surface area (Å²) in [5.74, 6) is 0. The molecule has 0 spiro atoms. The highest BCUT2D eigenvalue weighted by molar-refractivity contribution is 9.10. The number of carbonyl (C=O) groups is 1. The van der Waals surface area contributed by atoms with Gasteiger partial charge in [-0.25, -0.2) is 4.79 Å². The van der Waals surface area contributed by atoms with Crippen LogP contribution in [-0.2, 0) is 11.3 Å². The lowest BCUT2D eigenvalue weighted by molar-refractivity contribution is 0.0513. The molecule has 1 aromatic rings. The Bertz CT molecular complexity index is 522. The number of alkyl carbamates (subject to hydrolysis) is 1. The second-order valence-electron chi connectivity index (χ2n) is 7.18. The van der Waals surface area contributed by atoms with Crippen molar-refractivity contribution in [2.45, 2.75) is 59.2 Å². The summed E-state index contributed by atoms with van der Waals surface area (Å²) in [7, 11) is 0. The summed E-state index contributed by atoms with van der Waals surface area (Å²) in [5, 5.41) is 6.26. The van der Waals surface area contributed by atoms with Gasteiger partial charge in [0.25, 0.3) is 0 Å². The van der Waals surface area contributed by atoms with Crippen molar-refractivity contribution in [1.29, 1.82) is 0 Å². The number of benzene rings is 1. The third kappa shape index (κ3) is 7.27. The van der Waals surface area contributed by atoms with E-state index in [9.17, 15) is 4.79 Å². The second-order valence-corrected chi connectivity index (χ2v) is 8.03. The molecule has 5 heteroatoms. The normalized spacial score (nSPS) is 12.1. The van der Waals surface area contributed by atoms with Crippen molar-refractivity contribution < 1.29 is 9.53 Å². The largest absolute Gasteiger partial charge is 0.444 e. The highest BCUT2D eigenvalue weighted by Gasteiger charge is 2.21. The zero-order chi connectivity index (χ0) is 17.0. The van der Waals surface area contributed by atoms with Crippen LogP contribution in [0.5, 0.6) is 0 Å². The molecule has 0 radical (unpaired) electrons. The minimum Gasteiger partial charge on any atom is -0.444 e. The first-order valence-electron chi connectivity index (χ1n) is 7.45. The Morgan fingerprint density at radius 2 is 1.86 bits per heavy atom. The number of amides is 1. The molecule has 1 rings (SSSR count). The van der Waals surface area contributed by atoms with Crippen molar-refractivity contribution >= 4 is 22.0 Å². The van der Waals surface area contributed by atoms with E-state index in [-0.39, 0.29) is 11.6 Å². The molecule has 1 amide bonds. The number of rotatable bonds is 5. The molecule has 0 saturated heterocycles. The van der Waals surface area contributed by atoms with Crippen LogP contribution in [0.1, 0.15) is 45.7 Å². The van der Waals surface area contributed by atoms with Crippen LogP contribution in [0.4, 0.5) is 4.79 Å². The van der Waals surface area contributed by atoms with Crippen LogP contribution in [-0.4, -0.2) is 23.8 Å². The van der Waals surface area contributed by atoms with Gasteiger partial charge in [-0.05, 0) is 58.7 Å². The molecule has 1 aromatic carbocycles. The fourth-order valence-corrected chi connectivity index (χ4v) is 2.07. The highest BCUT2D eigenvalue weighted by Crippen LogP contribution is 2.17. The molecule has 0 atom stereocenters. The van der Waals surface area contributed by atoms with E-state index in [1.807, 2.05) is 20.8 Å². The number of ether oxygens (including phenoxy) is 1. The Morgan fingerprint density at radius 1 is 1.23 bits per heavy atom. The van der Waals surface area contributed by atoms with Crippen molar-refractivity contribution in [3.05, 3.63) is 33.8 Å². The molecule has 0 saturated carbocycles. The van der Waals surface area contributed by atoms with E-state index < -0.39 is 5.60 Å². The predicted molar refractivity (Wildman–Crippen MR) is 94.0 cm³/mol. The van der Waals surface area contributed by atoms with Gasteiger partial charge in [0, 0.05) is 23.1 Å². The second kappa shape index (κ2) is 7.47. The topological polar surface area (TPSA) is 50.4 Å². The Kier molecular flexibility index (Phi) is 6.44. The summed E-state index contributed by atoms with van der Waals surface area (Å²) < 4.78 is 6.35. The zero-order valence-electron chi connectivity index (χ0n) is 14.3. The molecule has 0 aliphatic heterocycles. The molecule has 0 aromatic heterocycles. The van der Waals surface area contributed by atoms with Gasteiger partial charge in [-0.3, -0.25) is 0 Å². The average Bonchev–Trinajstić information content (AvgIpc) is 2.36. The quantitative estimate of drug-likeness (QED) is 0.818. The Hall–Kier alpha value is -1.07. The first kappa shape index (κ1) is 19.0. The van der Waals surface area contributed by atoms with Gasteiger partial charge in [0.05, 0.1) is 0 Å². The van der Waals surface area contributed by atoms with E-state index in [4.69, 9.17) is 4.74 Å². The fraction of sp³-hybridized carbons (Fsp3) is 0.588. The van der Waals surface area contributed by atoms with Crippen LogP contribution in [0.25, 0.3) is 0 Å². The van der Waals surface area contributed by atoms with Crippen molar-refractivity contribution in [3.63, 3.8) is 0 Å². The summed E-state index contributed by atoms with van der Waals surface area (Å²) in [6, 6.07) is 6.29. The summed E-state index contributed by atoms with van der Waals surface area (Å²) in [6.45, 7) is 13.0. The van der Waals surface area contributed by atoms with E-state index in [1.54, 1.807) is 0 Å². The summed E-state index contributed by atoms with van der Waals surface area (Å²) in [5.41, 5.74) is 1.73. The maximum Gasteiger partial charge on any atom is 0.407 e. The van der Waals surface area contributed by atoms with Crippen molar-refractivity contribution in [1.82, 2.24) is 10.6 Å². The van der Waals surface area contributed by atoms with Crippen LogP contribution in [0.3, 0.4) is 0 Å². The standard InChI is InChI=1S/C17H27BrN2O2/c1-12-9-13(7-8-14(12)18)10-20-17(5,6)11-19-15(21)22-16(2,3)4/h7-9,20H,10-11H2,1-6H3,(H,19,21). The molecule has 0 unspecified atom stereocenters. The maximum absolute atomic E-state index is 11.7. The van der Waals surface area contributed by atoms with Gasteiger partial charge < -0.3 is 15.4 Å². The highest BCUT2D eigenvalue weighted by atomic mass is 79.9. The third-order valence-electron chi connectivity index (χ3n) is 3.07. The van der Waals surface area contributed by atoms with Crippen LogP contribution in [0.2, 0.25) is 0 Å². The average molecular weight is 371 g/mol. The van der Waals surface area contributed by atoms with Gasteiger partial charge in [0.2, 0.25) is 0 Å². The van der Waals surface area contributed by atoms with E-state index in [0.29, 0.717) is 6.54 Å². The monoisotopic (exact) mass is 370 g/mol. The fourth-order valence-electron chi connectivity index (χ4n) is 1.83. The van der Waals surface area contributed by atoms with Gasteiger partial charge in [0.1, 0.15) is 5.60 Å². The lowest BCUT2D eigenvalue weighted by atomic mass is 10.0. The molecule has 4 nitrogen and oxygen atoms in total. The molecule has 0 bridgehead atoms. The minimum absolute atomic E-state index is 0.224. The van der Waals surface area contributed by atoms with Gasteiger partial charge >= 0.3 is 6.09 Å². The first-order chi connectivity index (χ1) is 9.98. The molecule has 2 N–H and O–H groups in total. The Balaban J connectivity index is 2.46. The molecule has 0 aliphatic carbocycles. The predicted octanol–water partition coefficient (Wildman–Crippen LogP) is 4.15. The number of halogens is 1. The van der Waals surface area contributed by atoms with Crippen LogP contribution >= 0.6 is 15.9 Å². The molecular weight excluding hydrogens is 344 g/mol. The van der Waals surface area contributed by atoms with Crippen molar-refractivity contribution in [2.24, 2.45) is 0 Å². The van der Waals surface area contributed by atoms with Crippen molar-refractivity contribution in [3.8, 4) is 0 Å². The van der Waals surface area contributed by atoms with Crippen molar-refractivity contribution in [2.75, 3.05) is 6.54 Å². The van der Waals surface area contributed by atoms with Gasteiger partial charge in [-0.1, -0.05) is 28.1 Å². The number of aryl methyl sites for hydroxylation is 1. The zero-order valence-corrected chi connectivity index (χ0v) is 15.9. The lowest BCUT2D eigenvalue weighted by Gasteiger charge is -2.28. The van der Waals surface area contributed by atoms with E-state index in [0.717, 1.165) is 11.0 Å². The minimum atomic E-state index is -0.476. The van der Waals surface area contributed by atoms with Crippen LogP contribution < -0.4 is 10.6 Å². The smallest absolute Gasteiger partial charge is 0.407 e. The van der Waals surface area contributed by atoms with E-state index in [2.05, 4.69) is 65.5 Å². The Morgan fingerprint density at radius 3 is 2.41 bits per heavy atom. The van der Waals surface area contributed by atoms with Crippen LogP contribution in [0.15, 0.2) is 22.7 Å².